The summed E-state index contributed by atoms with van der Waals surface area (Å²) < 4.78 is 11.8. The number of methoxy groups -OCH3 is 2. The lowest BCUT2D eigenvalue weighted by atomic mass is 10.1. The highest BCUT2D eigenvalue weighted by Gasteiger charge is 2.10. The van der Waals surface area contributed by atoms with E-state index in [1.165, 1.54) is 4.68 Å². The lowest BCUT2D eigenvalue weighted by molar-refractivity contribution is 0.0954. The first-order valence-electron chi connectivity index (χ1n) is 10.0. The predicted molar refractivity (Wildman–Crippen MR) is 121 cm³/mol. The molecule has 0 unspecified atom stereocenters. The number of carbonyl (C=O) groups excluding carboxylic acids is 1. The van der Waals surface area contributed by atoms with Gasteiger partial charge in [-0.05, 0) is 60.5 Å². The lowest BCUT2D eigenvalue weighted by Crippen LogP contribution is -2.26. The summed E-state index contributed by atoms with van der Waals surface area (Å²) in [7, 11) is 3.18. The Morgan fingerprint density at radius 3 is 2.47 bits per heavy atom. The van der Waals surface area contributed by atoms with Crippen LogP contribution in [0.2, 0.25) is 0 Å². The molecule has 0 radical (unpaired) electrons. The number of ether oxygens (including phenoxy) is 2. The highest BCUT2D eigenvalue weighted by Crippen LogP contribution is 2.27. The molecule has 8 heteroatoms. The van der Waals surface area contributed by atoms with E-state index in [9.17, 15) is 9.59 Å². The molecule has 162 valence electrons. The van der Waals surface area contributed by atoms with Gasteiger partial charge in [-0.3, -0.25) is 9.59 Å². The molecule has 4 aromatic rings. The average molecular weight is 430 g/mol. The van der Waals surface area contributed by atoms with Crippen molar-refractivity contribution in [3.05, 3.63) is 88.2 Å². The first-order valence-corrected chi connectivity index (χ1v) is 10.0. The minimum Gasteiger partial charge on any atom is -0.493 e. The van der Waals surface area contributed by atoms with E-state index in [4.69, 9.17) is 9.47 Å². The number of carbonyl (C=O) groups is 1. The van der Waals surface area contributed by atoms with Gasteiger partial charge in [0.25, 0.3) is 11.5 Å². The first kappa shape index (κ1) is 21.0. The van der Waals surface area contributed by atoms with E-state index in [0.717, 1.165) is 5.56 Å². The molecule has 0 saturated heterocycles. The Morgan fingerprint density at radius 1 is 0.969 bits per heavy atom. The van der Waals surface area contributed by atoms with E-state index in [1.54, 1.807) is 62.8 Å². The number of amides is 1. The molecule has 0 saturated carbocycles. The SMILES string of the molecule is COc1ccc(CCNC(=O)c2ccc(-n3nnc4ccccc4c3=O)cc2)cc1OC. The Bertz CT molecular complexity index is 1320. The summed E-state index contributed by atoms with van der Waals surface area (Å²) in [5, 5.41) is 11.5. The molecule has 4 rings (SSSR count). The third-order valence-corrected chi connectivity index (χ3v) is 5.09. The van der Waals surface area contributed by atoms with E-state index < -0.39 is 0 Å². The zero-order chi connectivity index (χ0) is 22.5. The van der Waals surface area contributed by atoms with E-state index >= 15 is 0 Å². The molecule has 0 atom stereocenters. The molecule has 0 aliphatic heterocycles. The molecule has 0 bridgehead atoms. The van der Waals surface area contributed by atoms with Crippen LogP contribution in [-0.4, -0.2) is 41.7 Å². The molecule has 0 fully saturated rings. The molecule has 1 heterocycles. The number of hydrogen-bond donors (Lipinski definition) is 1. The van der Waals surface area contributed by atoms with Gasteiger partial charge in [-0.25, -0.2) is 0 Å². The molecule has 1 amide bonds. The van der Waals surface area contributed by atoms with Crippen molar-refractivity contribution in [3.63, 3.8) is 0 Å². The fraction of sp³-hybridized carbons (Fsp3) is 0.167. The van der Waals surface area contributed by atoms with Crippen molar-refractivity contribution in [3.8, 4) is 17.2 Å². The van der Waals surface area contributed by atoms with Crippen molar-refractivity contribution in [1.82, 2.24) is 20.3 Å². The monoisotopic (exact) mass is 430 g/mol. The molecular weight excluding hydrogens is 408 g/mol. The number of nitrogens with one attached hydrogen (secondary N) is 1. The van der Waals surface area contributed by atoms with Crippen molar-refractivity contribution < 1.29 is 14.3 Å². The van der Waals surface area contributed by atoms with Gasteiger partial charge < -0.3 is 14.8 Å². The van der Waals surface area contributed by atoms with Gasteiger partial charge in [0.2, 0.25) is 0 Å². The Labute approximate surface area is 184 Å². The van der Waals surface area contributed by atoms with Crippen LogP contribution in [-0.2, 0) is 6.42 Å². The van der Waals surface area contributed by atoms with Crippen molar-refractivity contribution in [2.75, 3.05) is 20.8 Å². The third-order valence-electron chi connectivity index (χ3n) is 5.09. The second-order valence-corrected chi connectivity index (χ2v) is 7.07. The fourth-order valence-corrected chi connectivity index (χ4v) is 3.37. The van der Waals surface area contributed by atoms with Crippen LogP contribution >= 0.6 is 0 Å². The Hall–Kier alpha value is -4.20. The standard InChI is InChI=1S/C24H22N4O4/c1-31-21-12-7-16(15-22(21)32-2)13-14-25-23(29)17-8-10-18(11-9-17)28-24(30)19-5-3-4-6-20(19)26-27-28/h3-12,15H,13-14H2,1-2H3,(H,25,29). The van der Waals surface area contributed by atoms with Crippen LogP contribution < -0.4 is 20.3 Å². The van der Waals surface area contributed by atoms with Crippen molar-refractivity contribution in [2.24, 2.45) is 0 Å². The Morgan fingerprint density at radius 2 is 1.72 bits per heavy atom. The van der Waals surface area contributed by atoms with E-state index in [-0.39, 0.29) is 11.5 Å². The molecule has 1 aromatic heterocycles. The van der Waals surface area contributed by atoms with E-state index in [0.29, 0.717) is 46.6 Å². The molecule has 0 aliphatic carbocycles. The fourth-order valence-electron chi connectivity index (χ4n) is 3.37. The lowest BCUT2D eigenvalue weighted by Gasteiger charge is -2.10. The normalized spacial score (nSPS) is 10.7. The summed E-state index contributed by atoms with van der Waals surface area (Å²) in [5.74, 6) is 1.11. The smallest absolute Gasteiger partial charge is 0.282 e. The summed E-state index contributed by atoms with van der Waals surface area (Å²) in [4.78, 5) is 25.2. The van der Waals surface area contributed by atoms with Crippen molar-refractivity contribution >= 4 is 16.8 Å². The minimum absolute atomic E-state index is 0.200. The maximum Gasteiger partial charge on any atom is 0.282 e. The molecule has 8 nitrogen and oxygen atoms in total. The summed E-state index contributed by atoms with van der Waals surface area (Å²) in [6.45, 7) is 0.464. The van der Waals surface area contributed by atoms with Gasteiger partial charge in [-0.1, -0.05) is 23.4 Å². The van der Waals surface area contributed by atoms with Crippen LogP contribution in [0.4, 0.5) is 0 Å². The highest BCUT2D eigenvalue weighted by molar-refractivity contribution is 5.94. The van der Waals surface area contributed by atoms with Crippen LogP contribution in [0.5, 0.6) is 11.5 Å². The maximum atomic E-state index is 12.7. The molecule has 0 aliphatic rings. The van der Waals surface area contributed by atoms with Gasteiger partial charge in [0.1, 0.15) is 5.52 Å². The molecule has 3 aromatic carbocycles. The zero-order valence-electron chi connectivity index (χ0n) is 17.7. The van der Waals surface area contributed by atoms with Crippen LogP contribution in [0.25, 0.3) is 16.6 Å². The number of aromatic nitrogens is 3. The number of benzene rings is 3. The van der Waals surface area contributed by atoms with Crippen molar-refractivity contribution in [2.45, 2.75) is 6.42 Å². The predicted octanol–water partition coefficient (Wildman–Crippen LogP) is 2.77. The van der Waals surface area contributed by atoms with Gasteiger partial charge >= 0.3 is 0 Å². The van der Waals surface area contributed by atoms with Gasteiger partial charge in [0.15, 0.2) is 11.5 Å². The van der Waals surface area contributed by atoms with Gasteiger partial charge in [-0.15, -0.1) is 5.10 Å². The summed E-state index contributed by atoms with van der Waals surface area (Å²) in [5.41, 5.74) is 2.33. The van der Waals surface area contributed by atoms with Crippen LogP contribution in [0.3, 0.4) is 0 Å². The van der Waals surface area contributed by atoms with E-state index in [1.807, 2.05) is 18.2 Å². The second kappa shape index (κ2) is 9.30. The molecular formula is C24H22N4O4. The van der Waals surface area contributed by atoms with Crippen LogP contribution in [0, 0.1) is 0 Å². The number of rotatable bonds is 7. The third kappa shape index (κ3) is 4.29. The number of hydrogen-bond acceptors (Lipinski definition) is 6. The van der Waals surface area contributed by atoms with E-state index in [2.05, 4.69) is 15.6 Å². The number of nitrogens with zero attached hydrogens (tertiary/aromatic N) is 3. The molecule has 32 heavy (non-hydrogen) atoms. The zero-order valence-corrected chi connectivity index (χ0v) is 17.7. The summed E-state index contributed by atoms with van der Waals surface area (Å²) >= 11 is 0. The largest absolute Gasteiger partial charge is 0.493 e. The molecule has 0 spiro atoms. The van der Waals surface area contributed by atoms with Gasteiger partial charge in [0.05, 0.1) is 25.3 Å². The average Bonchev–Trinajstić information content (AvgIpc) is 2.84. The minimum atomic E-state index is -0.261. The first-order chi connectivity index (χ1) is 15.6. The molecule has 1 N–H and O–H groups in total. The van der Waals surface area contributed by atoms with Gasteiger partial charge in [-0.2, -0.15) is 4.68 Å². The number of fused-ring (bicyclic) bond motifs is 1. The van der Waals surface area contributed by atoms with Gasteiger partial charge in [0, 0.05) is 12.1 Å². The quantitative estimate of drug-likeness (QED) is 0.484. The summed E-state index contributed by atoms with van der Waals surface area (Å²) in [6, 6.07) is 19.4. The van der Waals surface area contributed by atoms with Crippen molar-refractivity contribution in [1.29, 1.82) is 0 Å². The Balaban J connectivity index is 1.42. The maximum absolute atomic E-state index is 12.7. The summed E-state index contributed by atoms with van der Waals surface area (Å²) in [6.07, 6.45) is 0.645. The van der Waals surface area contributed by atoms with Crippen LogP contribution in [0.15, 0.2) is 71.5 Å². The van der Waals surface area contributed by atoms with Crippen LogP contribution in [0.1, 0.15) is 15.9 Å². The highest BCUT2D eigenvalue weighted by atomic mass is 16.5. The Kier molecular flexibility index (Phi) is 6.12. The topological polar surface area (TPSA) is 95.3 Å². The second-order valence-electron chi connectivity index (χ2n) is 7.07.